The monoisotopic (exact) mass is 377 g/mol. The molecule has 0 radical (unpaired) electrons. The van der Waals surface area contributed by atoms with Gasteiger partial charge in [-0.25, -0.2) is 13.4 Å². The first-order valence-electron chi connectivity index (χ1n) is 8.79. The standard InChI is InChI=1S/C18H23N3O4S/c1-4-20-10-15(16(22)14-7-6-12(3)19-17(14)20)18(23)21(5-2)13-8-9-26(24,25)11-13/h6-7,10,13H,4-5,8-9,11H2,1-3H3/t13-/m0/s1. The number of pyridine rings is 2. The van der Waals surface area contributed by atoms with Crippen LogP contribution in [-0.2, 0) is 16.4 Å². The van der Waals surface area contributed by atoms with E-state index in [1.807, 2.05) is 13.8 Å². The second-order valence-electron chi connectivity index (χ2n) is 6.63. The van der Waals surface area contributed by atoms with Gasteiger partial charge in [0.2, 0.25) is 5.43 Å². The Balaban J connectivity index is 2.09. The van der Waals surface area contributed by atoms with Gasteiger partial charge in [-0.15, -0.1) is 0 Å². The Morgan fingerprint density at radius 2 is 2.08 bits per heavy atom. The quantitative estimate of drug-likeness (QED) is 0.803. The predicted octanol–water partition coefficient (Wildman–Crippen LogP) is 1.37. The highest BCUT2D eigenvalue weighted by molar-refractivity contribution is 7.91. The van der Waals surface area contributed by atoms with Crippen molar-refractivity contribution in [2.24, 2.45) is 0 Å². The van der Waals surface area contributed by atoms with Crippen LogP contribution < -0.4 is 5.43 Å². The second-order valence-corrected chi connectivity index (χ2v) is 8.86. The Morgan fingerprint density at radius 1 is 1.35 bits per heavy atom. The molecule has 0 spiro atoms. The van der Waals surface area contributed by atoms with Gasteiger partial charge in [0.05, 0.1) is 16.9 Å². The number of aromatic nitrogens is 2. The van der Waals surface area contributed by atoms with E-state index in [0.717, 1.165) is 5.69 Å². The molecule has 1 aliphatic rings. The summed E-state index contributed by atoms with van der Waals surface area (Å²) in [6.45, 7) is 6.49. The van der Waals surface area contributed by atoms with Crippen molar-refractivity contribution in [1.82, 2.24) is 14.5 Å². The molecule has 1 fully saturated rings. The highest BCUT2D eigenvalue weighted by atomic mass is 32.2. The SMILES string of the molecule is CCN(C(=O)c1cn(CC)c2nc(C)ccc2c1=O)[C@H]1CCS(=O)(=O)C1. The van der Waals surface area contributed by atoms with E-state index in [9.17, 15) is 18.0 Å². The highest BCUT2D eigenvalue weighted by Crippen LogP contribution is 2.20. The summed E-state index contributed by atoms with van der Waals surface area (Å²) in [7, 11) is -3.12. The summed E-state index contributed by atoms with van der Waals surface area (Å²) in [4.78, 5) is 31.9. The molecule has 3 rings (SSSR count). The van der Waals surface area contributed by atoms with Crippen LogP contribution in [0.5, 0.6) is 0 Å². The van der Waals surface area contributed by atoms with Crippen LogP contribution >= 0.6 is 0 Å². The highest BCUT2D eigenvalue weighted by Gasteiger charge is 2.35. The Morgan fingerprint density at radius 3 is 2.65 bits per heavy atom. The van der Waals surface area contributed by atoms with Gasteiger partial charge in [-0.05, 0) is 39.3 Å². The zero-order valence-corrected chi connectivity index (χ0v) is 16.0. The molecule has 8 heteroatoms. The molecule has 0 unspecified atom stereocenters. The molecule has 7 nitrogen and oxygen atoms in total. The van der Waals surface area contributed by atoms with Crippen molar-refractivity contribution >= 4 is 26.8 Å². The molecule has 140 valence electrons. The third-order valence-corrected chi connectivity index (χ3v) is 6.63. The maximum absolute atomic E-state index is 13.1. The molecule has 1 aliphatic heterocycles. The molecule has 0 N–H and O–H groups in total. The van der Waals surface area contributed by atoms with Gasteiger partial charge in [0.25, 0.3) is 5.91 Å². The molecule has 1 atom stereocenters. The lowest BCUT2D eigenvalue weighted by atomic mass is 10.1. The van der Waals surface area contributed by atoms with Gasteiger partial charge in [-0.1, -0.05) is 0 Å². The van der Waals surface area contributed by atoms with E-state index in [1.165, 1.54) is 4.90 Å². The first-order chi connectivity index (χ1) is 12.3. The zero-order chi connectivity index (χ0) is 19.1. The average Bonchev–Trinajstić information content (AvgIpc) is 2.95. The van der Waals surface area contributed by atoms with Crippen LogP contribution in [0.15, 0.2) is 23.1 Å². The summed E-state index contributed by atoms with van der Waals surface area (Å²) in [5.74, 6) is -0.367. The fourth-order valence-corrected chi connectivity index (χ4v) is 5.23. The number of carbonyl (C=O) groups is 1. The van der Waals surface area contributed by atoms with E-state index in [0.29, 0.717) is 30.5 Å². The van der Waals surface area contributed by atoms with Gasteiger partial charge >= 0.3 is 0 Å². The Hall–Kier alpha value is -2.22. The molecule has 0 aliphatic carbocycles. The molecular formula is C18H23N3O4S. The number of nitrogens with zero attached hydrogens (tertiary/aromatic N) is 3. The van der Waals surface area contributed by atoms with E-state index in [1.54, 1.807) is 29.8 Å². The number of rotatable bonds is 4. The Labute approximate surface area is 152 Å². The molecular weight excluding hydrogens is 354 g/mol. The summed E-state index contributed by atoms with van der Waals surface area (Å²) in [6, 6.07) is 3.07. The summed E-state index contributed by atoms with van der Waals surface area (Å²) in [6.07, 6.45) is 1.96. The van der Waals surface area contributed by atoms with Crippen molar-refractivity contribution in [1.29, 1.82) is 0 Å². The topological polar surface area (TPSA) is 89.3 Å². The molecule has 26 heavy (non-hydrogen) atoms. The lowest BCUT2D eigenvalue weighted by Gasteiger charge is -2.27. The van der Waals surface area contributed by atoms with E-state index < -0.39 is 15.7 Å². The number of sulfone groups is 1. The number of aryl methyl sites for hydroxylation is 2. The van der Waals surface area contributed by atoms with Gasteiger partial charge in [0.1, 0.15) is 11.2 Å². The zero-order valence-electron chi connectivity index (χ0n) is 15.2. The van der Waals surface area contributed by atoms with Crippen LogP contribution in [0, 0.1) is 6.92 Å². The fourth-order valence-electron chi connectivity index (χ4n) is 3.50. The largest absolute Gasteiger partial charge is 0.335 e. The molecule has 0 aromatic carbocycles. The van der Waals surface area contributed by atoms with Crippen LogP contribution in [0.3, 0.4) is 0 Å². The maximum atomic E-state index is 13.1. The molecule has 2 aromatic heterocycles. The predicted molar refractivity (Wildman–Crippen MR) is 100 cm³/mol. The lowest BCUT2D eigenvalue weighted by molar-refractivity contribution is 0.0706. The summed E-state index contributed by atoms with van der Waals surface area (Å²) >= 11 is 0. The minimum absolute atomic E-state index is 0.0388. The van der Waals surface area contributed by atoms with E-state index in [-0.39, 0.29) is 28.5 Å². The van der Waals surface area contributed by atoms with Crippen molar-refractivity contribution in [2.75, 3.05) is 18.1 Å². The normalized spacial score (nSPS) is 19.0. The summed E-state index contributed by atoms with van der Waals surface area (Å²) < 4.78 is 25.4. The van der Waals surface area contributed by atoms with Gasteiger partial charge in [-0.3, -0.25) is 9.59 Å². The summed E-state index contributed by atoms with van der Waals surface area (Å²) in [5, 5.41) is 0.401. The maximum Gasteiger partial charge on any atom is 0.259 e. The second kappa shape index (κ2) is 6.83. The number of hydrogen-bond acceptors (Lipinski definition) is 5. The number of fused-ring (bicyclic) bond motifs is 1. The molecule has 3 heterocycles. The van der Waals surface area contributed by atoms with Gasteiger partial charge in [-0.2, -0.15) is 0 Å². The van der Waals surface area contributed by atoms with Crippen LogP contribution in [-0.4, -0.2) is 52.9 Å². The van der Waals surface area contributed by atoms with Gasteiger partial charge in [0, 0.05) is 31.0 Å². The van der Waals surface area contributed by atoms with E-state index >= 15 is 0 Å². The molecule has 0 saturated carbocycles. The van der Waals surface area contributed by atoms with Crippen molar-refractivity contribution in [2.45, 2.75) is 39.8 Å². The Kier molecular flexibility index (Phi) is 4.88. The van der Waals surface area contributed by atoms with E-state index in [4.69, 9.17) is 0 Å². The van der Waals surface area contributed by atoms with Crippen molar-refractivity contribution in [3.05, 3.63) is 39.8 Å². The third kappa shape index (κ3) is 3.25. The van der Waals surface area contributed by atoms with Gasteiger partial charge in [0.15, 0.2) is 9.84 Å². The molecule has 0 bridgehead atoms. The molecule has 1 amide bonds. The first-order valence-corrected chi connectivity index (χ1v) is 10.6. The van der Waals surface area contributed by atoms with Crippen LogP contribution in [0.4, 0.5) is 0 Å². The van der Waals surface area contributed by atoms with Crippen LogP contribution in [0.1, 0.15) is 36.3 Å². The van der Waals surface area contributed by atoms with Gasteiger partial charge < -0.3 is 9.47 Å². The van der Waals surface area contributed by atoms with Crippen LogP contribution in [0.2, 0.25) is 0 Å². The average molecular weight is 377 g/mol. The Bertz CT molecular complexity index is 1030. The van der Waals surface area contributed by atoms with Crippen molar-refractivity contribution in [3.63, 3.8) is 0 Å². The minimum atomic E-state index is -3.12. The summed E-state index contributed by atoms with van der Waals surface area (Å²) in [5.41, 5.74) is 1.06. The number of hydrogen-bond donors (Lipinski definition) is 0. The molecule has 1 saturated heterocycles. The molecule has 2 aromatic rings. The minimum Gasteiger partial charge on any atom is -0.335 e. The van der Waals surface area contributed by atoms with Crippen molar-refractivity contribution in [3.8, 4) is 0 Å². The van der Waals surface area contributed by atoms with E-state index in [2.05, 4.69) is 4.98 Å². The smallest absolute Gasteiger partial charge is 0.259 e. The van der Waals surface area contributed by atoms with Crippen molar-refractivity contribution < 1.29 is 13.2 Å². The number of carbonyl (C=O) groups excluding carboxylic acids is 1. The lowest BCUT2D eigenvalue weighted by Crippen LogP contribution is -2.43. The van der Waals surface area contributed by atoms with Crippen LogP contribution in [0.25, 0.3) is 11.0 Å². The first kappa shape index (κ1) is 18.6. The fraction of sp³-hybridized carbons (Fsp3) is 0.500. The number of amides is 1. The third-order valence-electron chi connectivity index (χ3n) is 4.88.